The zero-order valence-electron chi connectivity index (χ0n) is 9.53. The molecule has 0 aliphatic rings. The van der Waals surface area contributed by atoms with Crippen LogP contribution >= 0.6 is 0 Å². The van der Waals surface area contributed by atoms with E-state index in [1.807, 2.05) is 20.8 Å². The van der Waals surface area contributed by atoms with Gasteiger partial charge in [-0.15, -0.1) is 0 Å². The largest absolute Gasteiger partial charge is 0.347 e. The van der Waals surface area contributed by atoms with Gasteiger partial charge in [0, 0.05) is 17.9 Å². The normalized spacial score (nSPS) is 11.4. The third-order valence-electron chi connectivity index (χ3n) is 2.44. The van der Waals surface area contributed by atoms with Gasteiger partial charge in [0.25, 0.3) is 0 Å². The van der Waals surface area contributed by atoms with Crippen LogP contribution < -0.4 is 5.69 Å². The SMILES string of the molecule is Cc1c(C(C)C)cnc(=O)n1C(C)C. The second-order valence-corrected chi connectivity index (χ2v) is 4.20. The summed E-state index contributed by atoms with van der Waals surface area (Å²) in [5, 5.41) is 0. The van der Waals surface area contributed by atoms with Crippen molar-refractivity contribution in [2.24, 2.45) is 0 Å². The fraction of sp³-hybridized carbons (Fsp3) is 0.636. The quantitative estimate of drug-likeness (QED) is 0.723. The fourth-order valence-electron chi connectivity index (χ4n) is 1.74. The van der Waals surface area contributed by atoms with Crippen molar-refractivity contribution in [1.29, 1.82) is 0 Å². The molecule has 0 saturated heterocycles. The van der Waals surface area contributed by atoms with Gasteiger partial charge in [-0.05, 0) is 32.3 Å². The Bertz CT molecular complexity index is 377. The van der Waals surface area contributed by atoms with Crippen molar-refractivity contribution in [2.45, 2.75) is 46.6 Å². The molecular weight excluding hydrogens is 176 g/mol. The maximum atomic E-state index is 11.5. The van der Waals surface area contributed by atoms with E-state index < -0.39 is 0 Å². The maximum Gasteiger partial charge on any atom is 0.347 e. The Morgan fingerprint density at radius 1 is 1.29 bits per heavy atom. The van der Waals surface area contributed by atoms with Crippen molar-refractivity contribution in [3.05, 3.63) is 27.9 Å². The molecule has 0 amide bonds. The first-order valence-corrected chi connectivity index (χ1v) is 5.03. The van der Waals surface area contributed by atoms with E-state index in [0.717, 1.165) is 11.3 Å². The van der Waals surface area contributed by atoms with Crippen LogP contribution in [0.25, 0.3) is 0 Å². The van der Waals surface area contributed by atoms with E-state index in [1.165, 1.54) is 0 Å². The van der Waals surface area contributed by atoms with Crippen molar-refractivity contribution < 1.29 is 0 Å². The van der Waals surface area contributed by atoms with Crippen LogP contribution in [0.3, 0.4) is 0 Å². The van der Waals surface area contributed by atoms with Crippen LogP contribution in [0.1, 0.15) is 50.9 Å². The van der Waals surface area contributed by atoms with Gasteiger partial charge in [-0.3, -0.25) is 4.57 Å². The third-order valence-corrected chi connectivity index (χ3v) is 2.44. The molecule has 0 radical (unpaired) electrons. The van der Waals surface area contributed by atoms with E-state index in [9.17, 15) is 4.79 Å². The summed E-state index contributed by atoms with van der Waals surface area (Å²) in [5.74, 6) is 0.410. The van der Waals surface area contributed by atoms with Crippen molar-refractivity contribution in [3.8, 4) is 0 Å². The van der Waals surface area contributed by atoms with Gasteiger partial charge in [0.2, 0.25) is 0 Å². The second-order valence-electron chi connectivity index (χ2n) is 4.20. The number of rotatable bonds is 2. The zero-order valence-corrected chi connectivity index (χ0v) is 9.53. The molecule has 1 rings (SSSR count). The summed E-state index contributed by atoms with van der Waals surface area (Å²) in [6.07, 6.45) is 1.70. The molecule has 0 aliphatic heterocycles. The minimum Gasteiger partial charge on any atom is -0.294 e. The molecule has 0 saturated carbocycles. The van der Waals surface area contributed by atoms with Crippen molar-refractivity contribution in [2.75, 3.05) is 0 Å². The summed E-state index contributed by atoms with van der Waals surface area (Å²) in [6, 6.07) is 0.175. The summed E-state index contributed by atoms with van der Waals surface area (Å²) >= 11 is 0. The standard InChI is InChI=1S/C11H18N2O/c1-7(2)10-6-12-11(14)13(8(3)4)9(10)5/h6-8H,1-5H3. The molecule has 0 N–H and O–H groups in total. The Labute approximate surface area is 84.8 Å². The molecule has 3 nitrogen and oxygen atoms in total. The molecule has 14 heavy (non-hydrogen) atoms. The lowest BCUT2D eigenvalue weighted by molar-refractivity contribution is 0.539. The molecule has 0 fully saturated rings. The van der Waals surface area contributed by atoms with Crippen molar-refractivity contribution >= 4 is 0 Å². The lowest BCUT2D eigenvalue weighted by Gasteiger charge is -2.17. The van der Waals surface area contributed by atoms with Crippen LogP contribution in [0.4, 0.5) is 0 Å². The minimum atomic E-state index is -0.151. The predicted octanol–water partition coefficient (Wildman–Crippen LogP) is 2.26. The van der Waals surface area contributed by atoms with E-state index in [-0.39, 0.29) is 11.7 Å². The average molecular weight is 194 g/mol. The molecule has 1 heterocycles. The average Bonchev–Trinajstić information content (AvgIpc) is 2.02. The summed E-state index contributed by atoms with van der Waals surface area (Å²) in [7, 11) is 0. The molecule has 0 aliphatic carbocycles. The highest BCUT2D eigenvalue weighted by molar-refractivity contribution is 5.19. The molecule has 0 aromatic carbocycles. The van der Waals surface area contributed by atoms with Crippen LogP contribution in [0.2, 0.25) is 0 Å². The number of nitrogens with zero attached hydrogens (tertiary/aromatic N) is 2. The van der Waals surface area contributed by atoms with Crippen LogP contribution in [0.15, 0.2) is 11.0 Å². The number of hydrogen-bond donors (Lipinski definition) is 0. The van der Waals surface area contributed by atoms with E-state index in [1.54, 1.807) is 10.8 Å². The van der Waals surface area contributed by atoms with Gasteiger partial charge in [0.1, 0.15) is 0 Å². The van der Waals surface area contributed by atoms with E-state index in [2.05, 4.69) is 18.8 Å². The first-order chi connectivity index (χ1) is 6.45. The van der Waals surface area contributed by atoms with Crippen LogP contribution in [0, 0.1) is 6.92 Å². The second kappa shape index (κ2) is 3.95. The van der Waals surface area contributed by atoms with E-state index in [4.69, 9.17) is 0 Å². The maximum absolute atomic E-state index is 11.5. The number of aromatic nitrogens is 2. The first kappa shape index (κ1) is 11.0. The van der Waals surface area contributed by atoms with Crippen molar-refractivity contribution in [1.82, 2.24) is 9.55 Å². The molecule has 0 atom stereocenters. The Kier molecular flexibility index (Phi) is 3.09. The molecule has 0 unspecified atom stereocenters. The summed E-state index contributed by atoms with van der Waals surface area (Å²) in [5.41, 5.74) is 2.04. The van der Waals surface area contributed by atoms with Crippen LogP contribution in [-0.4, -0.2) is 9.55 Å². The Morgan fingerprint density at radius 3 is 2.29 bits per heavy atom. The fourth-order valence-corrected chi connectivity index (χ4v) is 1.74. The molecule has 1 aromatic heterocycles. The van der Waals surface area contributed by atoms with Gasteiger partial charge < -0.3 is 0 Å². The van der Waals surface area contributed by atoms with Gasteiger partial charge in [0.05, 0.1) is 0 Å². The Hall–Kier alpha value is -1.12. The monoisotopic (exact) mass is 194 g/mol. The summed E-state index contributed by atoms with van der Waals surface area (Å²) in [6.45, 7) is 10.2. The lowest BCUT2D eigenvalue weighted by atomic mass is 10.0. The predicted molar refractivity (Wildman–Crippen MR) is 57.7 cm³/mol. The molecule has 78 valence electrons. The van der Waals surface area contributed by atoms with Gasteiger partial charge >= 0.3 is 5.69 Å². The van der Waals surface area contributed by atoms with Gasteiger partial charge in [-0.2, -0.15) is 0 Å². The molecule has 0 spiro atoms. The van der Waals surface area contributed by atoms with Gasteiger partial charge in [-0.1, -0.05) is 13.8 Å². The highest BCUT2D eigenvalue weighted by Crippen LogP contribution is 2.17. The lowest BCUT2D eigenvalue weighted by Crippen LogP contribution is -2.27. The minimum absolute atomic E-state index is 0.151. The third kappa shape index (κ3) is 1.86. The molecular formula is C11H18N2O. The Morgan fingerprint density at radius 2 is 1.86 bits per heavy atom. The van der Waals surface area contributed by atoms with Crippen LogP contribution in [-0.2, 0) is 0 Å². The topological polar surface area (TPSA) is 34.9 Å². The summed E-state index contributed by atoms with van der Waals surface area (Å²) in [4.78, 5) is 15.4. The molecule has 3 heteroatoms. The number of hydrogen-bond acceptors (Lipinski definition) is 2. The van der Waals surface area contributed by atoms with Crippen LogP contribution in [0.5, 0.6) is 0 Å². The zero-order chi connectivity index (χ0) is 10.9. The first-order valence-electron chi connectivity index (χ1n) is 5.03. The summed E-state index contributed by atoms with van der Waals surface area (Å²) < 4.78 is 1.75. The van der Waals surface area contributed by atoms with Crippen molar-refractivity contribution in [3.63, 3.8) is 0 Å². The highest BCUT2D eigenvalue weighted by Gasteiger charge is 2.11. The van der Waals surface area contributed by atoms with Gasteiger partial charge in [-0.25, -0.2) is 9.78 Å². The molecule has 1 aromatic rings. The highest BCUT2D eigenvalue weighted by atomic mass is 16.1. The molecule has 0 bridgehead atoms. The van der Waals surface area contributed by atoms with Gasteiger partial charge in [0.15, 0.2) is 0 Å². The smallest absolute Gasteiger partial charge is 0.294 e. The Balaban J connectivity index is 3.41. The van der Waals surface area contributed by atoms with E-state index in [0.29, 0.717) is 5.92 Å². The van der Waals surface area contributed by atoms with E-state index >= 15 is 0 Å².